The van der Waals surface area contributed by atoms with E-state index in [1.165, 1.54) is 4.88 Å². The minimum atomic E-state index is 0.884. The van der Waals surface area contributed by atoms with Crippen molar-refractivity contribution in [1.29, 1.82) is 0 Å². The summed E-state index contributed by atoms with van der Waals surface area (Å²) in [5.74, 6) is 1.02. The molecule has 0 amide bonds. The standard InChI is InChI=1S/C12H15NO2S/c1-14-12-5-4-11(16-12)9-13-7-6-10-3-2-8-15-10/h2-5,8,13H,6-7,9H2,1H3. The minimum Gasteiger partial charge on any atom is -0.487 e. The molecule has 2 aromatic rings. The lowest BCUT2D eigenvalue weighted by atomic mass is 10.3. The molecule has 0 aromatic carbocycles. The first-order chi connectivity index (χ1) is 7.88. The van der Waals surface area contributed by atoms with E-state index in [1.807, 2.05) is 18.2 Å². The average molecular weight is 237 g/mol. The first-order valence-electron chi connectivity index (χ1n) is 5.24. The van der Waals surface area contributed by atoms with Gasteiger partial charge in [-0.25, -0.2) is 0 Å². The van der Waals surface area contributed by atoms with Crippen LogP contribution in [0.1, 0.15) is 10.6 Å². The van der Waals surface area contributed by atoms with Gasteiger partial charge in [-0.3, -0.25) is 0 Å². The summed E-state index contributed by atoms with van der Waals surface area (Å²) >= 11 is 1.67. The van der Waals surface area contributed by atoms with E-state index in [-0.39, 0.29) is 0 Å². The van der Waals surface area contributed by atoms with Crippen LogP contribution < -0.4 is 10.1 Å². The van der Waals surface area contributed by atoms with Crippen LogP contribution >= 0.6 is 11.3 Å². The van der Waals surface area contributed by atoms with Crippen molar-refractivity contribution in [2.45, 2.75) is 13.0 Å². The summed E-state index contributed by atoms with van der Waals surface area (Å²) in [6, 6.07) is 7.99. The lowest BCUT2D eigenvalue weighted by molar-refractivity contribution is 0.427. The number of hydrogen-bond acceptors (Lipinski definition) is 4. The number of thiophene rings is 1. The lowest BCUT2D eigenvalue weighted by Gasteiger charge is -2.00. The molecule has 3 nitrogen and oxygen atoms in total. The quantitative estimate of drug-likeness (QED) is 0.784. The van der Waals surface area contributed by atoms with Crippen molar-refractivity contribution in [2.24, 2.45) is 0 Å². The predicted molar refractivity (Wildman–Crippen MR) is 65.0 cm³/mol. The predicted octanol–water partition coefficient (Wildman–Crippen LogP) is 2.68. The summed E-state index contributed by atoms with van der Waals surface area (Å²) in [5, 5.41) is 4.33. The van der Waals surface area contributed by atoms with Gasteiger partial charge in [0.05, 0.1) is 13.4 Å². The molecule has 0 aliphatic rings. The van der Waals surface area contributed by atoms with Gasteiger partial charge in [-0.1, -0.05) is 0 Å². The molecular formula is C12H15NO2S. The van der Waals surface area contributed by atoms with Gasteiger partial charge in [-0.2, -0.15) is 0 Å². The minimum absolute atomic E-state index is 0.884. The fourth-order valence-corrected chi connectivity index (χ4v) is 2.23. The van der Waals surface area contributed by atoms with Crippen LogP contribution in [0.2, 0.25) is 0 Å². The molecule has 2 rings (SSSR count). The van der Waals surface area contributed by atoms with Gasteiger partial charge in [0.1, 0.15) is 5.76 Å². The first-order valence-corrected chi connectivity index (χ1v) is 6.06. The molecule has 0 spiro atoms. The second-order valence-electron chi connectivity index (χ2n) is 3.43. The summed E-state index contributed by atoms with van der Waals surface area (Å²) in [6.45, 7) is 1.81. The Hall–Kier alpha value is -1.26. The maximum absolute atomic E-state index is 5.25. The van der Waals surface area contributed by atoms with Gasteiger partial charge in [0, 0.05) is 24.4 Å². The SMILES string of the molecule is COc1ccc(CNCCc2ccco2)s1. The van der Waals surface area contributed by atoms with E-state index < -0.39 is 0 Å². The van der Waals surface area contributed by atoms with Crippen molar-refractivity contribution in [3.63, 3.8) is 0 Å². The van der Waals surface area contributed by atoms with E-state index in [1.54, 1.807) is 24.7 Å². The van der Waals surface area contributed by atoms with Crippen LogP contribution in [0.4, 0.5) is 0 Å². The van der Waals surface area contributed by atoms with Crippen LogP contribution in [0, 0.1) is 0 Å². The maximum atomic E-state index is 5.25. The topological polar surface area (TPSA) is 34.4 Å². The average Bonchev–Trinajstić information content (AvgIpc) is 2.95. The highest BCUT2D eigenvalue weighted by Gasteiger charge is 1.99. The van der Waals surface area contributed by atoms with Crippen molar-refractivity contribution in [3.8, 4) is 5.06 Å². The zero-order valence-corrected chi connectivity index (χ0v) is 10.0. The zero-order valence-electron chi connectivity index (χ0n) is 9.23. The van der Waals surface area contributed by atoms with Gasteiger partial charge in [-0.15, -0.1) is 11.3 Å². The van der Waals surface area contributed by atoms with Gasteiger partial charge >= 0.3 is 0 Å². The van der Waals surface area contributed by atoms with Crippen LogP contribution in [-0.4, -0.2) is 13.7 Å². The van der Waals surface area contributed by atoms with Crippen LogP contribution in [0.5, 0.6) is 5.06 Å². The Labute approximate surface area is 99.0 Å². The van der Waals surface area contributed by atoms with E-state index in [9.17, 15) is 0 Å². The van der Waals surface area contributed by atoms with Crippen LogP contribution in [-0.2, 0) is 13.0 Å². The van der Waals surface area contributed by atoms with Crippen LogP contribution in [0.25, 0.3) is 0 Å². The Morgan fingerprint density at radius 1 is 1.38 bits per heavy atom. The summed E-state index contributed by atoms with van der Waals surface area (Å²) in [7, 11) is 1.69. The highest BCUT2D eigenvalue weighted by Crippen LogP contribution is 2.23. The van der Waals surface area contributed by atoms with Gasteiger partial charge in [0.15, 0.2) is 5.06 Å². The summed E-state index contributed by atoms with van der Waals surface area (Å²) < 4.78 is 10.4. The van der Waals surface area contributed by atoms with Gasteiger partial charge in [-0.05, 0) is 24.3 Å². The van der Waals surface area contributed by atoms with Gasteiger partial charge < -0.3 is 14.5 Å². The number of methoxy groups -OCH3 is 1. The van der Waals surface area contributed by atoms with Crippen LogP contribution in [0.15, 0.2) is 34.9 Å². The zero-order chi connectivity index (χ0) is 11.2. The largest absolute Gasteiger partial charge is 0.487 e. The summed E-state index contributed by atoms with van der Waals surface area (Å²) in [4.78, 5) is 1.29. The van der Waals surface area contributed by atoms with Crippen molar-refractivity contribution in [2.75, 3.05) is 13.7 Å². The third-order valence-corrected chi connectivity index (χ3v) is 3.31. The highest BCUT2D eigenvalue weighted by atomic mass is 32.1. The molecule has 0 saturated carbocycles. The molecule has 0 aliphatic heterocycles. The number of nitrogens with one attached hydrogen (secondary N) is 1. The Morgan fingerprint density at radius 3 is 3.00 bits per heavy atom. The third kappa shape index (κ3) is 3.12. The molecular weight excluding hydrogens is 222 g/mol. The molecule has 0 atom stereocenters. The Balaban J connectivity index is 1.68. The molecule has 0 unspecified atom stereocenters. The number of hydrogen-bond donors (Lipinski definition) is 1. The number of rotatable bonds is 6. The summed E-state index contributed by atoms with van der Waals surface area (Å²) in [5.41, 5.74) is 0. The van der Waals surface area contributed by atoms with Crippen molar-refractivity contribution in [3.05, 3.63) is 41.2 Å². The smallest absolute Gasteiger partial charge is 0.173 e. The van der Waals surface area contributed by atoms with Crippen molar-refractivity contribution >= 4 is 11.3 Å². The normalized spacial score (nSPS) is 10.6. The van der Waals surface area contributed by atoms with Crippen molar-refractivity contribution in [1.82, 2.24) is 5.32 Å². The van der Waals surface area contributed by atoms with E-state index in [0.29, 0.717) is 0 Å². The molecule has 86 valence electrons. The Morgan fingerprint density at radius 2 is 2.31 bits per heavy atom. The third-order valence-electron chi connectivity index (χ3n) is 2.27. The fraction of sp³-hybridized carbons (Fsp3) is 0.333. The fourth-order valence-electron chi connectivity index (χ4n) is 1.44. The van der Waals surface area contributed by atoms with E-state index >= 15 is 0 Å². The molecule has 0 aliphatic carbocycles. The van der Waals surface area contributed by atoms with Crippen LogP contribution in [0.3, 0.4) is 0 Å². The van der Waals surface area contributed by atoms with E-state index in [2.05, 4.69) is 11.4 Å². The molecule has 1 N–H and O–H groups in total. The molecule has 2 heterocycles. The monoisotopic (exact) mass is 237 g/mol. The Kier molecular flexibility index (Phi) is 4.02. The summed E-state index contributed by atoms with van der Waals surface area (Å²) in [6.07, 6.45) is 2.63. The maximum Gasteiger partial charge on any atom is 0.173 e. The van der Waals surface area contributed by atoms with E-state index in [4.69, 9.17) is 9.15 Å². The molecule has 0 saturated heterocycles. The molecule has 0 radical (unpaired) electrons. The highest BCUT2D eigenvalue weighted by molar-refractivity contribution is 7.13. The lowest BCUT2D eigenvalue weighted by Crippen LogP contribution is -2.15. The molecule has 0 fully saturated rings. The van der Waals surface area contributed by atoms with E-state index in [0.717, 1.165) is 30.3 Å². The number of furan rings is 1. The molecule has 4 heteroatoms. The molecule has 0 bridgehead atoms. The van der Waals surface area contributed by atoms with Gasteiger partial charge in [0.2, 0.25) is 0 Å². The molecule has 16 heavy (non-hydrogen) atoms. The second kappa shape index (κ2) is 5.72. The second-order valence-corrected chi connectivity index (χ2v) is 4.56. The van der Waals surface area contributed by atoms with Gasteiger partial charge in [0.25, 0.3) is 0 Å². The number of ether oxygens (including phenoxy) is 1. The Bertz CT molecular complexity index is 408. The first kappa shape index (κ1) is 11.2. The van der Waals surface area contributed by atoms with Crippen molar-refractivity contribution < 1.29 is 9.15 Å². The molecule has 2 aromatic heterocycles.